The zero-order chi connectivity index (χ0) is 43.5. The van der Waals surface area contributed by atoms with E-state index >= 15 is 0 Å². The van der Waals surface area contributed by atoms with E-state index in [0.717, 1.165) is 38.8 Å². The molecule has 49 heavy (non-hydrogen) atoms. The van der Waals surface area contributed by atoms with Gasteiger partial charge in [0.25, 0.3) is 10.1 Å². The fourth-order valence-corrected chi connectivity index (χ4v) is 4.13. The highest BCUT2D eigenvalue weighted by molar-refractivity contribution is 7.86. The van der Waals surface area contributed by atoms with Crippen LogP contribution in [0.4, 0.5) is 0 Å². The van der Waals surface area contributed by atoms with Crippen molar-refractivity contribution in [1.29, 1.82) is 0 Å². The summed E-state index contributed by atoms with van der Waals surface area (Å²) in [5, 5.41) is 6.41. The topological polar surface area (TPSA) is 58.6 Å². The maximum atomic E-state index is 10.7. The van der Waals surface area contributed by atoms with Gasteiger partial charge in [-0.15, -0.1) is 0 Å². The van der Waals surface area contributed by atoms with Gasteiger partial charge in [0.2, 0.25) is 0 Å². The number of rotatable bonds is 9. The summed E-state index contributed by atoms with van der Waals surface area (Å²) in [6.07, 6.45) is 5.76. The second-order valence-electron chi connectivity index (χ2n) is 12.8. The normalized spacial score (nSPS) is 15.3. The van der Waals surface area contributed by atoms with Crippen molar-refractivity contribution in [2.75, 3.05) is 33.4 Å². The summed E-state index contributed by atoms with van der Waals surface area (Å²) in [5.41, 5.74) is 0.772. The van der Waals surface area contributed by atoms with Gasteiger partial charge in [-0.2, -0.15) is 8.42 Å². The van der Waals surface area contributed by atoms with Gasteiger partial charge in [-0.05, 0) is 107 Å². The van der Waals surface area contributed by atoms with Crippen LogP contribution in [0.25, 0.3) is 21.5 Å². The molecular formula is C43H54N2O3S. The second-order valence-corrected chi connectivity index (χ2v) is 14.4. The molecule has 0 spiro atoms. The molecular weight excluding hydrogens is 625 g/mol. The highest BCUT2D eigenvalue weighted by Crippen LogP contribution is 2.20. The first-order valence-corrected chi connectivity index (χ1v) is 17.5. The van der Waals surface area contributed by atoms with Crippen LogP contribution in [-0.4, -0.2) is 46.7 Å². The Labute approximate surface area is 307 Å². The van der Waals surface area contributed by atoms with Crippen LogP contribution in [0.2, 0.25) is 0 Å². The minimum absolute atomic E-state index is 0.166. The minimum atomic E-state index is -3.82. The number of nitrogens with zero attached hydrogens (tertiary/aromatic N) is 1. The van der Waals surface area contributed by atoms with Gasteiger partial charge < -0.3 is 5.32 Å². The lowest BCUT2D eigenvalue weighted by Crippen LogP contribution is -2.17. The molecule has 0 aliphatic rings. The van der Waals surface area contributed by atoms with Crippen molar-refractivity contribution in [2.24, 2.45) is 10.8 Å². The summed E-state index contributed by atoms with van der Waals surface area (Å²) in [4.78, 5) is 1.09. The predicted molar refractivity (Wildman–Crippen MR) is 211 cm³/mol. The summed E-state index contributed by atoms with van der Waals surface area (Å²) in [6, 6.07) is 26.5. The molecule has 0 aliphatic carbocycles. The lowest BCUT2D eigenvalue weighted by atomic mass is 9.98. The smallest absolute Gasteiger partial charge is 0.264 e. The van der Waals surface area contributed by atoms with Gasteiger partial charge in [0.1, 0.15) is 0 Å². The number of fused-ring (bicyclic) bond motifs is 2. The van der Waals surface area contributed by atoms with Gasteiger partial charge in [0, 0.05) is 38.5 Å². The molecule has 6 heteroatoms. The molecule has 4 rings (SSSR count). The number of benzene rings is 4. The molecule has 1 N–H and O–H groups in total. The average molecular weight is 687 g/mol. The zero-order valence-electron chi connectivity index (χ0n) is 38.0. The molecule has 0 amide bonds. The summed E-state index contributed by atoms with van der Waals surface area (Å²) in [6.45, 7) is 3.84. The third-order valence-corrected chi connectivity index (χ3v) is 6.29. The van der Waals surface area contributed by atoms with E-state index in [0.29, 0.717) is 11.1 Å². The lowest BCUT2D eigenvalue weighted by Gasteiger charge is -2.15. The molecule has 0 saturated carbocycles. The lowest BCUT2D eigenvalue weighted by molar-refractivity contribution is 0.361. The number of hydrogen-bond acceptors (Lipinski definition) is 5. The van der Waals surface area contributed by atoms with E-state index in [4.69, 9.17) is 11.0 Å². The molecule has 4 aromatic carbocycles. The minimum Gasteiger partial charge on any atom is -0.316 e. The average Bonchev–Trinajstić information content (AvgIpc) is 3.10. The molecule has 0 bridgehead atoms. The molecule has 0 aliphatic heterocycles. The Hall–Kier alpha value is -4.17. The van der Waals surface area contributed by atoms with E-state index in [1.807, 2.05) is 114 Å². The van der Waals surface area contributed by atoms with Crippen LogP contribution in [-0.2, 0) is 27.3 Å². The molecule has 0 fully saturated rings. The van der Waals surface area contributed by atoms with Crippen molar-refractivity contribution in [3.8, 4) is 23.7 Å². The molecule has 0 unspecified atom stereocenters. The van der Waals surface area contributed by atoms with Gasteiger partial charge in [-0.25, -0.2) is 0 Å². The Morgan fingerprint density at radius 2 is 1.22 bits per heavy atom. The SMILES string of the molecule is [2H]C([2H])(/C=C/C#CC(C)(C)C)N(C)C([2H])([2H])c1cccc2ccccc12.[2H]C([2H])(/C=C/C#CC(C)(C)C)OS(C)(=O)=O.[2H]C([2H])(NC)c1cccc2ccccc12. The van der Waals surface area contributed by atoms with Crippen LogP contribution < -0.4 is 5.32 Å². The summed E-state index contributed by atoms with van der Waals surface area (Å²) in [7, 11) is -0.747. The van der Waals surface area contributed by atoms with Gasteiger partial charge in [-0.1, -0.05) is 115 Å². The monoisotopic (exact) mass is 686 g/mol. The fourth-order valence-electron chi connectivity index (χ4n) is 3.90. The first-order chi connectivity index (χ1) is 26.0. The number of nitrogens with one attached hydrogen (secondary N) is 1. The van der Waals surface area contributed by atoms with E-state index in [1.54, 1.807) is 19.2 Å². The van der Waals surface area contributed by atoms with Crippen molar-refractivity contribution in [3.63, 3.8) is 0 Å². The van der Waals surface area contributed by atoms with Crippen LogP contribution in [0.1, 0.15) is 63.6 Å². The summed E-state index contributed by atoms with van der Waals surface area (Å²) in [5.74, 6) is 11.3. The van der Waals surface area contributed by atoms with E-state index in [-0.39, 0.29) is 10.8 Å². The first-order valence-electron chi connectivity index (χ1n) is 19.7. The van der Waals surface area contributed by atoms with E-state index in [9.17, 15) is 8.42 Å². The van der Waals surface area contributed by atoms with Crippen molar-refractivity contribution < 1.29 is 23.6 Å². The van der Waals surface area contributed by atoms with Crippen molar-refractivity contribution >= 4 is 31.7 Å². The van der Waals surface area contributed by atoms with Gasteiger partial charge >= 0.3 is 0 Å². The van der Waals surface area contributed by atoms with Crippen LogP contribution in [0.5, 0.6) is 0 Å². The highest BCUT2D eigenvalue weighted by atomic mass is 32.2. The van der Waals surface area contributed by atoms with Crippen molar-refractivity contribution in [3.05, 3.63) is 120 Å². The zero-order valence-corrected chi connectivity index (χ0v) is 30.8. The molecule has 0 saturated heterocycles. The van der Waals surface area contributed by atoms with Crippen LogP contribution in [0.15, 0.2) is 109 Å². The number of allylic oxidation sites excluding steroid dienone is 2. The molecule has 0 radical (unpaired) electrons. The molecule has 0 atom stereocenters. The Morgan fingerprint density at radius 3 is 1.73 bits per heavy atom. The first kappa shape index (κ1) is 29.7. The van der Waals surface area contributed by atoms with E-state index in [2.05, 4.69) is 33.2 Å². The standard InChI is InChI=1S/C21H25N.C12H13N.C10H16O3S/c1-21(2,3)15-8-5-9-16-22(4)17-19-13-10-12-18-11-6-7-14-20(18)19;1-13-9-11-7-4-6-10-5-2-3-8-12(10)11;1-10(2,3)8-6-5-7-9-13-14(4,11)12/h5-7,9-14H,16-17H2,1-4H3;2-8,13H,9H2,1H3;5,7H,9H2,1-4H3/b9-5+;;7-5+/i16D2,17D2;2*9D2. The number of hydrogen-bond donors (Lipinski definition) is 1. The molecule has 5 nitrogen and oxygen atoms in total. The highest BCUT2D eigenvalue weighted by Gasteiger charge is 2.04. The summed E-state index contributed by atoms with van der Waals surface area (Å²) >= 11 is 0. The van der Waals surface area contributed by atoms with E-state index in [1.165, 1.54) is 25.3 Å². The van der Waals surface area contributed by atoms with Crippen molar-refractivity contribution in [2.45, 2.75) is 54.5 Å². The maximum Gasteiger partial charge on any atom is 0.264 e. The van der Waals surface area contributed by atoms with Crippen LogP contribution in [0, 0.1) is 34.5 Å². The van der Waals surface area contributed by atoms with Crippen LogP contribution in [0.3, 0.4) is 0 Å². The number of likely N-dealkylation sites (N-methyl/N-ethyl adjacent to an activating group) is 1. The Balaban J connectivity index is 0.000000313. The predicted octanol–water partition coefficient (Wildman–Crippen LogP) is 9.00. The van der Waals surface area contributed by atoms with Crippen molar-refractivity contribution in [1.82, 2.24) is 10.2 Å². The Kier molecular flexibility index (Phi) is 12.4. The van der Waals surface area contributed by atoms with Crippen LogP contribution >= 0.6 is 0 Å². The third-order valence-electron chi connectivity index (χ3n) is 5.89. The summed E-state index contributed by atoms with van der Waals surface area (Å²) < 4.78 is 89.5. The van der Waals surface area contributed by atoms with Gasteiger partial charge in [0.05, 0.1) is 15.6 Å². The van der Waals surface area contributed by atoms with Gasteiger partial charge in [0.15, 0.2) is 0 Å². The Morgan fingerprint density at radius 1 is 0.755 bits per heavy atom. The van der Waals surface area contributed by atoms with E-state index < -0.39 is 36.2 Å². The Bertz CT molecular complexity index is 2260. The molecule has 0 aromatic heterocycles. The molecule has 260 valence electrons. The van der Waals surface area contributed by atoms with Gasteiger partial charge in [-0.3, -0.25) is 9.08 Å². The largest absolute Gasteiger partial charge is 0.316 e. The molecule has 4 aromatic rings. The quantitative estimate of drug-likeness (QED) is 0.141. The maximum absolute atomic E-state index is 10.7. The third kappa shape index (κ3) is 18.2. The molecule has 0 heterocycles. The fraction of sp³-hybridized carbons (Fsp3) is 0.349. The second kappa shape index (κ2) is 20.4.